The van der Waals surface area contributed by atoms with E-state index >= 15 is 0 Å². The highest BCUT2D eigenvalue weighted by Gasteiger charge is 2.24. The Morgan fingerprint density at radius 3 is 2.35 bits per heavy atom. The molecule has 0 aliphatic heterocycles. The molecule has 0 aliphatic rings. The van der Waals surface area contributed by atoms with Gasteiger partial charge in [-0.1, -0.05) is 75.7 Å². The number of hydrogen-bond donors (Lipinski definition) is 2. The second kappa shape index (κ2) is 9.86. The molecule has 0 radical (unpaired) electrons. The zero-order chi connectivity index (χ0) is 24.2. The number of benzene rings is 2. The number of carbonyl (C=O) groups is 1. The summed E-state index contributed by atoms with van der Waals surface area (Å²) in [6.45, 7) is 6.61. The van der Waals surface area contributed by atoms with E-state index in [4.69, 9.17) is 0 Å². The van der Waals surface area contributed by atoms with Crippen LogP contribution in [0.5, 0.6) is 0 Å². The van der Waals surface area contributed by atoms with Crippen molar-refractivity contribution in [2.45, 2.75) is 46.7 Å². The van der Waals surface area contributed by atoms with Crippen LogP contribution in [0.2, 0.25) is 0 Å². The van der Waals surface area contributed by atoms with Gasteiger partial charge in [-0.05, 0) is 34.2 Å². The number of carboxylic acids is 1. The molecule has 4 rings (SSSR count). The first-order valence-electron chi connectivity index (χ1n) is 11.4. The van der Waals surface area contributed by atoms with Gasteiger partial charge in [-0.3, -0.25) is 9.13 Å². The third kappa shape index (κ3) is 4.54. The number of tetrazole rings is 1. The van der Waals surface area contributed by atoms with Crippen molar-refractivity contribution in [3.05, 3.63) is 76.0 Å². The molecule has 176 valence electrons. The molecule has 2 N–H and O–H groups in total. The molecule has 2 aromatic carbocycles. The fourth-order valence-electron chi connectivity index (χ4n) is 4.25. The van der Waals surface area contributed by atoms with Gasteiger partial charge in [0, 0.05) is 12.1 Å². The van der Waals surface area contributed by atoms with Crippen molar-refractivity contribution < 1.29 is 9.90 Å². The maximum atomic E-state index is 13.2. The average Bonchev–Trinajstić information content (AvgIpc) is 3.43. The minimum Gasteiger partial charge on any atom is -0.477 e. The molecule has 34 heavy (non-hydrogen) atoms. The fourth-order valence-corrected chi connectivity index (χ4v) is 4.25. The Balaban J connectivity index is 1.70. The van der Waals surface area contributed by atoms with Gasteiger partial charge in [0.25, 0.3) is 0 Å². The Bertz CT molecular complexity index is 1330. The third-order valence-electron chi connectivity index (χ3n) is 5.69. The predicted molar refractivity (Wildman–Crippen MR) is 129 cm³/mol. The van der Waals surface area contributed by atoms with Crippen LogP contribution < -0.4 is 5.69 Å². The highest BCUT2D eigenvalue weighted by molar-refractivity contribution is 5.87. The second-order valence-corrected chi connectivity index (χ2v) is 8.70. The molecule has 0 bridgehead atoms. The van der Waals surface area contributed by atoms with Gasteiger partial charge in [0.2, 0.25) is 5.82 Å². The van der Waals surface area contributed by atoms with Crippen LogP contribution >= 0.6 is 0 Å². The number of hydrogen-bond acceptors (Lipinski definition) is 5. The Hall–Kier alpha value is -4.01. The van der Waals surface area contributed by atoms with E-state index in [1.807, 2.05) is 69.3 Å². The van der Waals surface area contributed by atoms with Crippen LogP contribution in [0.3, 0.4) is 0 Å². The van der Waals surface area contributed by atoms with Gasteiger partial charge < -0.3 is 5.11 Å². The van der Waals surface area contributed by atoms with Gasteiger partial charge >= 0.3 is 11.7 Å². The maximum Gasteiger partial charge on any atom is 0.354 e. The number of imidazole rings is 1. The molecule has 0 amide bonds. The van der Waals surface area contributed by atoms with Crippen LogP contribution in [0.25, 0.3) is 22.5 Å². The van der Waals surface area contributed by atoms with Gasteiger partial charge in [-0.25, -0.2) is 9.59 Å². The van der Waals surface area contributed by atoms with Crippen LogP contribution in [0.1, 0.15) is 48.9 Å². The first-order chi connectivity index (χ1) is 16.4. The second-order valence-electron chi connectivity index (χ2n) is 8.70. The Morgan fingerprint density at radius 2 is 1.76 bits per heavy atom. The van der Waals surface area contributed by atoms with Crippen molar-refractivity contribution in [1.29, 1.82) is 0 Å². The Morgan fingerprint density at radius 1 is 1.06 bits per heavy atom. The fraction of sp³-hybridized carbons (Fsp3) is 0.320. The van der Waals surface area contributed by atoms with Crippen molar-refractivity contribution in [3.63, 3.8) is 0 Å². The molecule has 0 spiro atoms. The predicted octanol–water partition coefficient (Wildman–Crippen LogP) is 3.85. The molecule has 0 saturated carbocycles. The molecule has 0 fully saturated rings. The van der Waals surface area contributed by atoms with Crippen molar-refractivity contribution in [2.24, 2.45) is 5.92 Å². The van der Waals surface area contributed by atoms with Gasteiger partial charge in [0.05, 0.1) is 12.2 Å². The molecule has 4 aromatic rings. The van der Waals surface area contributed by atoms with Crippen LogP contribution in [0, 0.1) is 5.92 Å². The largest absolute Gasteiger partial charge is 0.477 e. The number of H-pyrrole nitrogens is 1. The molecule has 0 unspecified atom stereocenters. The number of aromatic nitrogens is 6. The number of aromatic carboxylic acids is 1. The number of carboxylic acid groups (broad SMARTS) is 1. The van der Waals surface area contributed by atoms with E-state index in [0.717, 1.165) is 28.7 Å². The summed E-state index contributed by atoms with van der Waals surface area (Å²) < 4.78 is 3.02. The summed E-state index contributed by atoms with van der Waals surface area (Å²) >= 11 is 0. The summed E-state index contributed by atoms with van der Waals surface area (Å²) in [6, 6.07) is 15.7. The molecular weight excluding hydrogens is 432 g/mol. The van der Waals surface area contributed by atoms with Crippen molar-refractivity contribution in [1.82, 2.24) is 29.8 Å². The van der Waals surface area contributed by atoms with Gasteiger partial charge in [0.15, 0.2) is 5.69 Å². The van der Waals surface area contributed by atoms with E-state index in [0.29, 0.717) is 31.0 Å². The third-order valence-corrected chi connectivity index (χ3v) is 5.69. The Kier molecular flexibility index (Phi) is 6.72. The van der Waals surface area contributed by atoms with Crippen molar-refractivity contribution in [2.75, 3.05) is 0 Å². The maximum absolute atomic E-state index is 13.2. The summed E-state index contributed by atoms with van der Waals surface area (Å²) in [5.41, 5.74) is 4.13. The van der Waals surface area contributed by atoms with Crippen LogP contribution in [0.15, 0.2) is 53.3 Å². The van der Waals surface area contributed by atoms with E-state index in [1.54, 1.807) is 4.57 Å². The number of aromatic amines is 1. The SMILES string of the molecule is CCCc1c(C(=O)O)n(CC(C)C)c(=O)n1Cc1ccc(-c2ccccc2-c2nn[nH]n2)cc1. The lowest BCUT2D eigenvalue weighted by Crippen LogP contribution is -2.28. The highest BCUT2D eigenvalue weighted by Crippen LogP contribution is 2.30. The average molecular weight is 461 g/mol. The number of nitrogens with one attached hydrogen (secondary N) is 1. The normalized spacial score (nSPS) is 11.3. The van der Waals surface area contributed by atoms with Crippen LogP contribution in [-0.4, -0.2) is 40.8 Å². The topological polar surface area (TPSA) is 119 Å². The summed E-state index contributed by atoms with van der Waals surface area (Å²) in [5, 5.41) is 24.2. The smallest absolute Gasteiger partial charge is 0.354 e. The van der Waals surface area contributed by atoms with Crippen LogP contribution in [0.4, 0.5) is 0 Å². The number of nitrogens with zero attached hydrogens (tertiary/aromatic N) is 5. The molecule has 0 aliphatic carbocycles. The number of rotatable bonds is 9. The summed E-state index contributed by atoms with van der Waals surface area (Å²) in [6.07, 6.45) is 1.27. The molecule has 2 heterocycles. The molecule has 9 heteroatoms. The molecule has 9 nitrogen and oxygen atoms in total. The molecule has 0 atom stereocenters. The quantitative estimate of drug-likeness (QED) is 0.392. The Labute approximate surface area is 197 Å². The lowest BCUT2D eigenvalue weighted by atomic mass is 9.98. The summed E-state index contributed by atoms with van der Waals surface area (Å²) in [7, 11) is 0. The minimum atomic E-state index is -1.06. The van der Waals surface area contributed by atoms with Crippen molar-refractivity contribution in [3.8, 4) is 22.5 Å². The van der Waals surface area contributed by atoms with Gasteiger partial charge in [0.1, 0.15) is 0 Å². The van der Waals surface area contributed by atoms with E-state index in [1.165, 1.54) is 4.57 Å². The van der Waals surface area contributed by atoms with E-state index in [-0.39, 0.29) is 17.3 Å². The van der Waals surface area contributed by atoms with Gasteiger partial charge in [-0.2, -0.15) is 5.21 Å². The first-order valence-corrected chi connectivity index (χ1v) is 11.4. The van der Waals surface area contributed by atoms with E-state index < -0.39 is 5.97 Å². The monoisotopic (exact) mass is 460 g/mol. The molecule has 0 saturated heterocycles. The van der Waals surface area contributed by atoms with Crippen molar-refractivity contribution >= 4 is 5.97 Å². The lowest BCUT2D eigenvalue weighted by Gasteiger charge is -2.10. The first kappa shape index (κ1) is 23.2. The summed E-state index contributed by atoms with van der Waals surface area (Å²) in [5.74, 6) is -0.392. The van der Waals surface area contributed by atoms with Gasteiger partial charge in [-0.15, -0.1) is 10.2 Å². The minimum absolute atomic E-state index is 0.103. The van der Waals surface area contributed by atoms with E-state index in [9.17, 15) is 14.7 Å². The molecule has 2 aromatic heterocycles. The standard InChI is InChI=1S/C25H28N6O3/c1-4-7-21-22(24(32)33)31(14-16(2)3)25(34)30(21)15-17-10-12-18(13-11-17)19-8-5-6-9-20(19)23-26-28-29-27-23/h5-6,8-13,16H,4,7,14-15H2,1-3H3,(H,32,33)(H,26,27,28,29). The summed E-state index contributed by atoms with van der Waals surface area (Å²) in [4.78, 5) is 25.3. The molecular formula is C25H28N6O3. The lowest BCUT2D eigenvalue weighted by molar-refractivity contribution is 0.0682. The zero-order valence-electron chi connectivity index (χ0n) is 19.5. The highest BCUT2D eigenvalue weighted by atomic mass is 16.4. The zero-order valence-corrected chi connectivity index (χ0v) is 19.5. The van der Waals surface area contributed by atoms with Crippen LogP contribution in [-0.2, 0) is 19.5 Å². The van der Waals surface area contributed by atoms with E-state index in [2.05, 4.69) is 20.6 Å².